The van der Waals surface area contributed by atoms with E-state index in [9.17, 15) is 0 Å². The molecule has 4 heteroatoms. The van der Waals surface area contributed by atoms with Crippen molar-refractivity contribution in [2.75, 3.05) is 45.9 Å². The Kier molecular flexibility index (Phi) is 5.63. The number of nitrogens with two attached hydrogens (primary N) is 1. The van der Waals surface area contributed by atoms with Crippen LogP contribution in [0.2, 0.25) is 0 Å². The van der Waals surface area contributed by atoms with E-state index in [4.69, 9.17) is 10.5 Å². The minimum atomic E-state index is 0.206. The Morgan fingerprint density at radius 2 is 1.95 bits per heavy atom. The molecule has 2 aliphatic heterocycles. The van der Waals surface area contributed by atoms with Crippen molar-refractivity contribution in [3.63, 3.8) is 0 Å². The summed E-state index contributed by atoms with van der Waals surface area (Å²) in [6.45, 7) is 12.1. The number of piperazine rings is 1. The lowest BCUT2D eigenvalue weighted by Crippen LogP contribution is -2.63. The Morgan fingerprint density at radius 1 is 1.21 bits per heavy atom. The van der Waals surface area contributed by atoms with Crippen molar-refractivity contribution in [2.24, 2.45) is 5.73 Å². The first-order valence-corrected chi connectivity index (χ1v) is 8.03. The molecule has 0 aliphatic carbocycles. The lowest BCUT2D eigenvalue weighted by atomic mass is 9.83. The molecule has 2 saturated heterocycles. The fourth-order valence-corrected chi connectivity index (χ4v) is 3.63. The lowest BCUT2D eigenvalue weighted by molar-refractivity contribution is -0.0824. The van der Waals surface area contributed by atoms with Gasteiger partial charge in [-0.15, -0.1) is 0 Å². The van der Waals surface area contributed by atoms with Gasteiger partial charge < -0.3 is 15.4 Å². The van der Waals surface area contributed by atoms with Gasteiger partial charge in [-0.05, 0) is 32.2 Å². The zero-order chi connectivity index (χ0) is 13.7. The predicted octanol–water partition coefficient (Wildman–Crippen LogP) is 1.30. The zero-order valence-corrected chi connectivity index (χ0v) is 12.7. The van der Waals surface area contributed by atoms with Crippen LogP contribution in [-0.2, 0) is 4.74 Å². The van der Waals surface area contributed by atoms with Gasteiger partial charge in [-0.25, -0.2) is 0 Å². The van der Waals surface area contributed by atoms with Gasteiger partial charge in [-0.3, -0.25) is 4.90 Å². The first kappa shape index (κ1) is 15.2. The van der Waals surface area contributed by atoms with E-state index < -0.39 is 0 Å². The van der Waals surface area contributed by atoms with Crippen LogP contribution < -0.4 is 5.73 Å². The molecule has 0 bridgehead atoms. The maximum Gasteiger partial charge on any atom is 0.0590 e. The molecule has 0 aromatic heterocycles. The minimum Gasteiger partial charge on any atom is -0.378 e. The van der Waals surface area contributed by atoms with Crippen molar-refractivity contribution >= 4 is 0 Å². The van der Waals surface area contributed by atoms with Crippen LogP contribution in [0.5, 0.6) is 0 Å². The Hall–Kier alpha value is -0.160. The third-order valence-corrected chi connectivity index (χ3v) is 4.95. The highest BCUT2D eigenvalue weighted by Crippen LogP contribution is 2.32. The molecule has 4 nitrogen and oxygen atoms in total. The smallest absolute Gasteiger partial charge is 0.0590 e. The molecule has 0 radical (unpaired) electrons. The Morgan fingerprint density at radius 3 is 2.53 bits per heavy atom. The highest BCUT2D eigenvalue weighted by molar-refractivity contribution is 4.97. The summed E-state index contributed by atoms with van der Waals surface area (Å²) in [5.41, 5.74) is 6.37. The van der Waals surface area contributed by atoms with E-state index in [1.807, 2.05) is 0 Å². The standard InChI is InChI=1S/C15H31N3O/c1-3-6-17-7-9-18(10-8-17)15(13-16)5-11-19-14(4-2)12-15/h14H,3-13,16H2,1-2H3. The SMILES string of the molecule is CCCN1CCN(C2(CN)CCOC(CC)C2)CC1. The molecule has 112 valence electrons. The van der Waals surface area contributed by atoms with E-state index in [1.54, 1.807) is 0 Å². The first-order valence-electron chi connectivity index (χ1n) is 8.03. The van der Waals surface area contributed by atoms with Crippen LogP contribution in [-0.4, -0.2) is 67.3 Å². The van der Waals surface area contributed by atoms with Crippen LogP contribution in [0.4, 0.5) is 0 Å². The van der Waals surface area contributed by atoms with Gasteiger partial charge >= 0.3 is 0 Å². The second kappa shape index (κ2) is 7.02. The zero-order valence-electron chi connectivity index (χ0n) is 12.7. The largest absolute Gasteiger partial charge is 0.378 e. The molecule has 0 aromatic carbocycles. The summed E-state index contributed by atoms with van der Waals surface area (Å²) in [7, 11) is 0. The molecule has 19 heavy (non-hydrogen) atoms. The molecule has 2 atom stereocenters. The first-order chi connectivity index (χ1) is 9.24. The molecule has 2 aliphatic rings. The van der Waals surface area contributed by atoms with E-state index in [-0.39, 0.29) is 5.54 Å². The quantitative estimate of drug-likeness (QED) is 0.817. The van der Waals surface area contributed by atoms with Gasteiger partial charge in [-0.2, -0.15) is 0 Å². The lowest BCUT2D eigenvalue weighted by Gasteiger charge is -2.50. The second-order valence-corrected chi connectivity index (χ2v) is 6.11. The highest BCUT2D eigenvalue weighted by Gasteiger charge is 2.41. The molecule has 2 fully saturated rings. The molecule has 2 rings (SSSR count). The molecular formula is C15H31N3O. The third kappa shape index (κ3) is 3.48. The average Bonchev–Trinajstić information content (AvgIpc) is 2.48. The Bertz CT molecular complexity index is 266. The Balaban J connectivity index is 1.94. The van der Waals surface area contributed by atoms with Crippen LogP contribution in [0.3, 0.4) is 0 Å². The number of rotatable bonds is 5. The van der Waals surface area contributed by atoms with Gasteiger partial charge in [0, 0.05) is 44.9 Å². The molecule has 2 N–H and O–H groups in total. The molecule has 0 amide bonds. The maximum absolute atomic E-state index is 6.17. The number of ether oxygens (including phenoxy) is 1. The fraction of sp³-hybridized carbons (Fsp3) is 1.00. The molecule has 0 spiro atoms. The number of nitrogens with zero attached hydrogens (tertiary/aromatic N) is 2. The fourth-order valence-electron chi connectivity index (χ4n) is 3.63. The van der Waals surface area contributed by atoms with Crippen LogP contribution in [0.25, 0.3) is 0 Å². The summed E-state index contributed by atoms with van der Waals surface area (Å²) in [6.07, 6.45) is 5.00. The summed E-state index contributed by atoms with van der Waals surface area (Å²) in [6, 6.07) is 0. The van der Waals surface area contributed by atoms with Crippen LogP contribution in [0.15, 0.2) is 0 Å². The van der Waals surface area contributed by atoms with Gasteiger partial charge in [0.1, 0.15) is 0 Å². The summed E-state index contributed by atoms with van der Waals surface area (Å²) in [5.74, 6) is 0. The van der Waals surface area contributed by atoms with Crippen LogP contribution in [0.1, 0.15) is 39.5 Å². The van der Waals surface area contributed by atoms with Gasteiger partial charge in [-0.1, -0.05) is 13.8 Å². The second-order valence-electron chi connectivity index (χ2n) is 6.11. The van der Waals surface area contributed by atoms with Crippen molar-refractivity contribution < 1.29 is 4.74 Å². The predicted molar refractivity (Wildman–Crippen MR) is 79.4 cm³/mol. The van der Waals surface area contributed by atoms with Crippen LogP contribution >= 0.6 is 0 Å². The van der Waals surface area contributed by atoms with E-state index in [1.165, 1.54) is 39.1 Å². The summed E-state index contributed by atoms with van der Waals surface area (Å²) in [4.78, 5) is 5.24. The van der Waals surface area contributed by atoms with Crippen molar-refractivity contribution in [1.29, 1.82) is 0 Å². The van der Waals surface area contributed by atoms with Crippen molar-refractivity contribution in [1.82, 2.24) is 9.80 Å². The monoisotopic (exact) mass is 269 g/mol. The van der Waals surface area contributed by atoms with Crippen molar-refractivity contribution in [3.8, 4) is 0 Å². The van der Waals surface area contributed by atoms with E-state index in [2.05, 4.69) is 23.6 Å². The number of hydrogen-bond donors (Lipinski definition) is 1. The topological polar surface area (TPSA) is 41.7 Å². The van der Waals surface area contributed by atoms with Crippen molar-refractivity contribution in [3.05, 3.63) is 0 Å². The van der Waals surface area contributed by atoms with Gasteiger partial charge in [0.15, 0.2) is 0 Å². The maximum atomic E-state index is 6.17. The van der Waals surface area contributed by atoms with E-state index in [0.29, 0.717) is 6.10 Å². The van der Waals surface area contributed by atoms with E-state index in [0.717, 1.165) is 32.4 Å². The number of hydrogen-bond acceptors (Lipinski definition) is 4. The molecule has 2 heterocycles. The molecule has 0 aromatic rings. The average molecular weight is 269 g/mol. The molecule has 2 unspecified atom stereocenters. The van der Waals surface area contributed by atoms with Gasteiger partial charge in [0.25, 0.3) is 0 Å². The normalized spacial score (nSPS) is 34.6. The van der Waals surface area contributed by atoms with E-state index >= 15 is 0 Å². The molecule has 0 saturated carbocycles. The Labute approximate surface area is 118 Å². The summed E-state index contributed by atoms with van der Waals surface area (Å²) < 4.78 is 5.84. The third-order valence-electron chi connectivity index (χ3n) is 4.95. The van der Waals surface area contributed by atoms with Crippen LogP contribution in [0, 0.1) is 0 Å². The molecular weight excluding hydrogens is 238 g/mol. The summed E-state index contributed by atoms with van der Waals surface area (Å²) >= 11 is 0. The minimum absolute atomic E-state index is 0.206. The highest BCUT2D eigenvalue weighted by atomic mass is 16.5. The van der Waals surface area contributed by atoms with Crippen molar-refractivity contribution in [2.45, 2.75) is 51.2 Å². The van der Waals surface area contributed by atoms with Gasteiger partial charge in [0.2, 0.25) is 0 Å². The summed E-state index contributed by atoms with van der Waals surface area (Å²) in [5, 5.41) is 0. The van der Waals surface area contributed by atoms with Gasteiger partial charge in [0.05, 0.1) is 6.10 Å².